The minimum absolute atomic E-state index is 0.633. The van der Waals surface area contributed by atoms with E-state index >= 15 is 0 Å². The number of thiophene rings is 1. The number of nitrogens with zero attached hydrogens (tertiary/aromatic N) is 2. The number of hydrogen-bond acceptors (Lipinski definition) is 5. The molecule has 2 aromatic heterocycles. The quantitative estimate of drug-likeness (QED) is 0.891. The van der Waals surface area contributed by atoms with E-state index in [1.165, 1.54) is 8.66 Å². The summed E-state index contributed by atoms with van der Waals surface area (Å²) in [5.74, 6) is 1.48. The maximum atomic E-state index is 4.29. The lowest BCUT2D eigenvalue weighted by molar-refractivity contribution is 1.02. The first-order valence-electron chi connectivity index (χ1n) is 5.27. The van der Waals surface area contributed by atoms with Gasteiger partial charge in [-0.3, -0.25) is 0 Å². The zero-order chi connectivity index (χ0) is 12.1. The van der Waals surface area contributed by atoms with E-state index in [9.17, 15) is 0 Å². The molecule has 0 bridgehead atoms. The number of anilines is 2. The van der Waals surface area contributed by atoms with Crippen LogP contribution in [0.5, 0.6) is 0 Å². The van der Waals surface area contributed by atoms with Crippen LogP contribution >= 0.6 is 27.3 Å². The summed E-state index contributed by atoms with van der Waals surface area (Å²) < 4.78 is 1.17. The van der Waals surface area contributed by atoms with Crippen LogP contribution in [0.15, 0.2) is 28.2 Å². The molecular weight excluding hydrogens is 300 g/mol. The molecule has 2 rings (SSSR count). The molecule has 0 spiro atoms. The molecule has 0 fully saturated rings. The monoisotopic (exact) mass is 312 g/mol. The Bertz CT molecular complexity index is 486. The second kappa shape index (κ2) is 5.97. The highest BCUT2D eigenvalue weighted by Gasteiger charge is 1.99. The first-order valence-corrected chi connectivity index (χ1v) is 6.88. The van der Waals surface area contributed by atoms with Crippen molar-refractivity contribution in [2.24, 2.45) is 0 Å². The number of aromatic nitrogens is 2. The standard InChI is InChI=1S/C11H13BrN4S/c1-13-11-15-7-5-10(16-11)14-6-4-8-2-3-9(12)17-8/h2-3,5,7H,4,6H2,1H3,(H2,13,14,15,16). The fourth-order valence-corrected chi connectivity index (χ4v) is 2.86. The van der Waals surface area contributed by atoms with Gasteiger partial charge in [-0.05, 0) is 40.5 Å². The van der Waals surface area contributed by atoms with Crippen LogP contribution in [-0.2, 0) is 6.42 Å². The first-order chi connectivity index (χ1) is 8.28. The summed E-state index contributed by atoms with van der Waals surface area (Å²) in [6, 6.07) is 6.07. The van der Waals surface area contributed by atoms with Gasteiger partial charge < -0.3 is 10.6 Å². The van der Waals surface area contributed by atoms with Crippen molar-refractivity contribution < 1.29 is 0 Å². The van der Waals surface area contributed by atoms with E-state index in [4.69, 9.17) is 0 Å². The fourth-order valence-electron chi connectivity index (χ4n) is 1.38. The van der Waals surface area contributed by atoms with Gasteiger partial charge in [-0.15, -0.1) is 11.3 Å². The SMILES string of the molecule is CNc1nccc(NCCc2ccc(Br)s2)n1. The van der Waals surface area contributed by atoms with E-state index < -0.39 is 0 Å². The van der Waals surface area contributed by atoms with Crippen molar-refractivity contribution in [3.05, 3.63) is 33.1 Å². The topological polar surface area (TPSA) is 49.8 Å². The Labute approximate surface area is 113 Å². The fraction of sp³-hybridized carbons (Fsp3) is 0.273. The molecular formula is C11H13BrN4S. The Morgan fingerprint density at radius 2 is 2.24 bits per heavy atom. The van der Waals surface area contributed by atoms with Crippen molar-refractivity contribution in [1.29, 1.82) is 0 Å². The summed E-state index contributed by atoms with van der Waals surface area (Å²) in [5, 5.41) is 6.19. The van der Waals surface area contributed by atoms with Gasteiger partial charge in [0.05, 0.1) is 3.79 Å². The van der Waals surface area contributed by atoms with Crippen molar-refractivity contribution in [1.82, 2.24) is 9.97 Å². The molecule has 2 N–H and O–H groups in total. The van der Waals surface area contributed by atoms with E-state index in [0.29, 0.717) is 5.95 Å². The zero-order valence-corrected chi connectivity index (χ0v) is 11.8. The largest absolute Gasteiger partial charge is 0.370 e. The number of nitrogens with one attached hydrogen (secondary N) is 2. The van der Waals surface area contributed by atoms with Gasteiger partial charge in [-0.25, -0.2) is 4.98 Å². The number of rotatable bonds is 5. The van der Waals surface area contributed by atoms with Crippen LogP contribution in [0.4, 0.5) is 11.8 Å². The minimum atomic E-state index is 0.633. The molecule has 0 aliphatic heterocycles. The number of halogens is 1. The maximum absolute atomic E-state index is 4.29. The van der Waals surface area contributed by atoms with Crippen LogP contribution in [-0.4, -0.2) is 23.6 Å². The Balaban J connectivity index is 1.85. The molecule has 0 saturated heterocycles. The molecule has 0 atom stereocenters. The van der Waals surface area contributed by atoms with Gasteiger partial charge in [0, 0.05) is 24.7 Å². The summed E-state index contributed by atoms with van der Waals surface area (Å²) in [6.45, 7) is 0.868. The van der Waals surface area contributed by atoms with Crippen molar-refractivity contribution in [3.8, 4) is 0 Å². The van der Waals surface area contributed by atoms with Crippen LogP contribution in [0.2, 0.25) is 0 Å². The molecule has 2 heterocycles. The van der Waals surface area contributed by atoms with Gasteiger partial charge in [0.15, 0.2) is 0 Å². The van der Waals surface area contributed by atoms with E-state index in [2.05, 4.69) is 48.7 Å². The van der Waals surface area contributed by atoms with Crippen molar-refractivity contribution >= 4 is 39.0 Å². The van der Waals surface area contributed by atoms with E-state index in [1.54, 1.807) is 17.5 Å². The lowest BCUT2D eigenvalue weighted by atomic mass is 10.3. The molecule has 4 nitrogen and oxygen atoms in total. The van der Waals surface area contributed by atoms with Gasteiger partial charge in [0.1, 0.15) is 5.82 Å². The summed E-state index contributed by atoms with van der Waals surface area (Å²) in [7, 11) is 1.81. The van der Waals surface area contributed by atoms with Gasteiger partial charge in [0.25, 0.3) is 0 Å². The summed E-state index contributed by atoms with van der Waals surface area (Å²) >= 11 is 5.22. The first kappa shape index (κ1) is 12.3. The molecule has 0 amide bonds. The van der Waals surface area contributed by atoms with E-state index in [-0.39, 0.29) is 0 Å². The van der Waals surface area contributed by atoms with Crippen LogP contribution < -0.4 is 10.6 Å². The Morgan fingerprint density at radius 1 is 1.35 bits per heavy atom. The predicted octanol–water partition coefficient (Wildman–Crippen LogP) is 3.00. The Morgan fingerprint density at radius 3 is 2.94 bits per heavy atom. The second-order valence-electron chi connectivity index (χ2n) is 3.40. The third kappa shape index (κ3) is 3.67. The van der Waals surface area contributed by atoms with E-state index in [0.717, 1.165) is 18.8 Å². The lowest BCUT2D eigenvalue weighted by Crippen LogP contribution is -2.07. The average Bonchev–Trinajstić information content (AvgIpc) is 2.75. The van der Waals surface area contributed by atoms with E-state index in [1.807, 2.05) is 13.1 Å². The average molecular weight is 313 g/mol. The van der Waals surface area contributed by atoms with Gasteiger partial charge in [0.2, 0.25) is 5.95 Å². The summed E-state index contributed by atoms with van der Waals surface area (Å²) in [5.41, 5.74) is 0. The Kier molecular flexibility index (Phi) is 4.33. The molecule has 0 aliphatic carbocycles. The van der Waals surface area contributed by atoms with Gasteiger partial charge in [-0.1, -0.05) is 0 Å². The minimum Gasteiger partial charge on any atom is -0.370 e. The molecule has 6 heteroatoms. The van der Waals surface area contributed by atoms with Crippen molar-refractivity contribution in [2.45, 2.75) is 6.42 Å². The van der Waals surface area contributed by atoms with Gasteiger partial charge >= 0.3 is 0 Å². The smallest absolute Gasteiger partial charge is 0.224 e. The van der Waals surface area contributed by atoms with Crippen molar-refractivity contribution in [3.63, 3.8) is 0 Å². The third-order valence-electron chi connectivity index (χ3n) is 2.19. The molecule has 0 aliphatic rings. The van der Waals surface area contributed by atoms with Crippen LogP contribution in [0.3, 0.4) is 0 Å². The lowest BCUT2D eigenvalue weighted by Gasteiger charge is -2.05. The highest BCUT2D eigenvalue weighted by Crippen LogP contribution is 2.22. The summed E-state index contributed by atoms with van der Waals surface area (Å²) in [6.07, 6.45) is 2.73. The molecule has 2 aromatic rings. The molecule has 0 saturated carbocycles. The van der Waals surface area contributed by atoms with Crippen molar-refractivity contribution in [2.75, 3.05) is 24.2 Å². The molecule has 0 radical (unpaired) electrons. The zero-order valence-electron chi connectivity index (χ0n) is 9.40. The van der Waals surface area contributed by atoms with Gasteiger partial charge in [-0.2, -0.15) is 4.98 Å². The van der Waals surface area contributed by atoms with Crippen LogP contribution in [0.1, 0.15) is 4.88 Å². The van der Waals surface area contributed by atoms with Crippen LogP contribution in [0, 0.1) is 0 Å². The number of hydrogen-bond donors (Lipinski definition) is 2. The highest BCUT2D eigenvalue weighted by molar-refractivity contribution is 9.11. The third-order valence-corrected chi connectivity index (χ3v) is 3.87. The Hall–Kier alpha value is -1.14. The highest BCUT2D eigenvalue weighted by atomic mass is 79.9. The van der Waals surface area contributed by atoms with Crippen LogP contribution in [0.25, 0.3) is 0 Å². The predicted molar refractivity (Wildman–Crippen MR) is 75.8 cm³/mol. The summed E-state index contributed by atoms with van der Waals surface area (Å²) in [4.78, 5) is 9.70. The molecule has 0 unspecified atom stereocenters. The second-order valence-corrected chi connectivity index (χ2v) is 5.95. The molecule has 17 heavy (non-hydrogen) atoms. The normalized spacial score (nSPS) is 10.2. The maximum Gasteiger partial charge on any atom is 0.224 e. The molecule has 0 aromatic carbocycles. The molecule has 90 valence electrons.